The number of hydrogen-bond donors (Lipinski definition) is 1. The van der Waals surface area contributed by atoms with E-state index >= 15 is 0 Å². The average molecular weight is 295 g/mol. The summed E-state index contributed by atoms with van der Waals surface area (Å²) < 4.78 is 5.32. The summed E-state index contributed by atoms with van der Waals surface area (Å²) in [7, 11) is 0. The van der Waals surface area contributed by atoms with Gasteiger partial charge in [-0.25, -0.2) is 15.4 Å². The predicted molar refractivity (Wildman–Crippen MR) is 79.4 cm³/mol. The van der Waals surface area contributed by atoms with Gasteiger partial charge in [-0.05, 0) is 19.1 Å². The second-order valence-electron chi connectivity index (χ2n) is 4.46. The van der Waals surface area contributed by atoms with E-state index in [4.69, 9.17) is 4.74 Å². The Morgan fingerprint density at radius 2 is 2.11 bits per heavy atom. The highest BCUT2D eigenvalue weighted by Crippen LogP contribution is 2.31. The van der Waals surface area contributed by atoms with Crippen LogP contribution in [0.4, 0.5) is 0 Å². The molecule has 0 bridgehead atoms. The van der Waals surface area contributed by atoms with E-state index in [9.17, 15) is 0 Å². The summed E-state index contributed by atoms with van der Waals surface area (Å²) >= 11 is 3.59. The third-order valence-corrected chi connectivity index (χ3v) is 5.20. The van der Waals surface area contributed by atoms with Gasteiger partial charge in [-0.15, -0.1) is 22.7 Å². The molecule has 3 heterocycles. The third kappa shape index (κ3) is 3.40. The van der Waals surface area contributed by atoms with Gasteiger partial charge in [0.05, 0.1) is 24.6 Å². The number of morpholine rings is 1. The molecule has 0 radical (unpaired) electrons. The van der Waals surface area contributed by atoms with Crippen molar-refractivity contribution in [3.63, 3.8) is 0 Å². The Kier molecular flexibility index (Phi) is 4.24. The molecular formula is C13H17N3OS2. The molecule has 0 atom stereocenters. The topological polar surface area (TPSA) is 37.4 Å². The Labute approximate surface area is 121 Å². The largest absolute Gasteiger partial charge is 0.379 e. The number of thiophene rings is 1. The maximum Gasteiger partial charge on any atom is 0.108 e. The van der Waals surface area contributed by atoms with Crippen LogP contribution in [0.15, 0.2) is 18.3 Å². The van der Waals surface area contributed by atoms with Gasteiger partial charge >= 0.3 is 0 Å². The fourth-order valence-electron chi connectivity index (χ4n) is 1.97. The molecule has 0 aromatic carbocycles. The number of hydrazine groups is 1. The standard InChI is InChI=1S/C13H17N3OS2/c1-10-2-3-11(18-10)12-8-14-13(19-12)9-15-16-4-6-17-7-5-16/h2-3,8,15H,4-7,9H2,1H3. The summed E-state index contributed by atoms with van der Waals surface area (Å²) in [6.45, 7) is 6.45. The molecule has 0 aliphatic carbocycles. The van der Waals surface area contributed by atoms with Gasteiger partial charge in [0, 0.05) is 29.0 Å². The molecule has 2 aromatic heterocycles. The molecule has 1 fully saturated rings. The average Bonchev–Trinajstić information content (AvgIpc) is 3.06. The van der Waals surface area contributed by atoms with Gasteiger partial charge in [0.25, 0.3) is 0 Å². The molecule has 102 valence electrons. The van der Waals surface area contributed by atoms with Crippen LogP contribution in [0.3, 0.4) is 0 Å². The van der Waals surface area contributed by atoms with Crippen molar-refractivity contribution >= 4 is 22.7 Å². The van der Waals surface area contributed by atoms with E-state index in [1.54, 1.807) is 11.3 Å². The van der Waals surface area contributed by atoms with Crippen LogP contribution in [-0.4, -0.2) is 36.3 Å². The van der Waals surface area contributed by atoms with Crippen LogP contribution in [0.5, 0.6) is 0 Å². The molecule has 1 N–H and O–H groups in total. The fraction of sp³-hybridized carbons (Fsp3) is 0.462. The van der Waals surface area contributed by atoms with E-state index in [-0.39, 0.29) is 0 Å². The highest BCUT2D eigenvalue weighted by atomic mass is 32.1. The minimum atomic E-state index is 0.801. The summed E-state index contributed by atoms with van der Waals surface area (Å²) in [5, 5.41) is 3.34. The molecule has 1 saturated heterocycles. The zero-order valence-corrected chi connectivity index (χ0v) is 12.5. The van der Waals surface area contributed by atoms with E-state index in [1.165, 1.54) is 14.6 Å². The predicted octanol–water partition coefficient (Wildman–Crippen LogP) is 2.52. The Morgan fingerprint density at radius 3 is 2.84 bits per heavy atom. The second-order valence-corrected chi connectivity index (χ2v) is 6.87. The molecular weight excluding hydrogens is 278 g/mol. The van der Waals surface area contributed by atoms with Crippen molar-refractivity contribution in [1.29, 1.82) is 0 Å². The van der Waals surface area contributed by atoms with Gasteiger partial charge in [-0.3, -0.25) is 0 Å². The summed E-state index contributed by atoms with van der Waals surface area (Å²) in [6.07, 6.45) is 1.98. The Hall–Kier alpha value is -0.790. The van der Waals surface area contributed by atoms with E-state index in [0.29, 0.717) is 0 Å². The van der Waals surface area contributed by atoms with Crippen molar-refractivity contribution in [2.45, 2.75) is 13.5 Å². The first kappa shape index (κ1) is 13.2. The molecule has 1 aliphatic rings. The van der Waals surface area contributed by atoms with Crippen molar-refractivity contribution in [2.75, 3.05) is 26.3 Å². The number of hydrogen-bond acceptors (Lipinski definition) is 6. The van der Waals surface area contributed by atoms with Crippen LogP contribution in [0.1, 0.15) is 9.88 Å². The Bertz CT molecular complexity index is 531. The van der Waals surface area contributed by atoms with Gasteiger partial charge in [0.2, 0.25) is 0 Å². The number of thiazole rings is 1. The van der Waals surface area contributed by atoms with Crippen molar-refractivity contribution in [3.05, 3.63) is 28.2 Å². The molecule has 0 amide bonds. The summed E-state index contributed by atoms with van der Waals surface area (Å²) in [6, 6.07) is 4.33. The van der Waals surface area contributed by atoms with Crippen LogP contribution < -0.4 is 5.43 Å². The summed E-state index contributed by atoms with van der Waals surface area (Å²) in [4.78, 5) is 8.41. The van der Waals surface area contributed by atoms with Crippen molar-refractivity contribution in [2.24, 2.45) is 0 Å². The first-order valence-electron chi connectivity index (χ1n) is 6.39. The Morgan fingerprint density at radius 1 is 1.26 bits per heavy atom. The highest BCUT2D eigenvalue weighted by Gasteiger charge is 2.11. The maximum absolute atomic E-state index is 5.32. The van der Waals surface area contributed by atoms with Gasteiger partial charge in [0.15, 0.2) is 0 Å². The number of rotatable bonds is 4. The monoisotopic (exact) mass is 295 g/mol. The zero-order chi connectivity index (χ0) is 13.1. The Balaban J connectivity index is 1.58. The number of nitrogens with zero attached hydrogens (tertiary/aromatic N) is 2. The van der Waals surface area contributed by atoms with Gasteiger partial charge in [-0.2, -0.15) is 0 Å². The van der Waals surface area contributed by atoms with Gasteiger partial charge in [-0.1, -0.05) is 0 Å². The van der Waals surface area contributed by atoms with E-state index in [1.807, 2.05) is 17.5 Å². The molecule has 0 spiro atoms. The lowest BCUT2D eigenvalue weighted by Crippen LogP contribution is -2.45. The van der Waals surface area contributed by atoms with Crippen molar-refractivity contribution < 1.29 is 4.74 Å². The normalized spacial score (nSPS) is 16.9. The summed E-state index contributed by atoms with van der Waals surface area (Å²) in [5.41, 5.74) is 3.41. The van der Waals surface area contributed by atoms with Crippen molar-refractivity contribution in [3.8, 4) is 9.75 Å². The van der Waals surface area contributed by atoms with E-state index in [0.717, 1.165) is 37.9 Å². The second kappa shape index (κ2) is 6.11. The molecule has 6 heteroatoms. The van der Waals surface area contributed by atoms with Crippen LogP contribution >= 0.6 is 22.7 Å². The fourth-order valence-corrected chi connectivity index (χ4v) is 3.77. The van der Waals surface area contributed by atoms with Gasteiger partial charge in [0.1, 0.15) is 5.01 Å². The van der Waals surface area contributed by atoms with Crippen LogP contribution in [0.2, 0.25) is 0 Å². The third-order valence-electron chi connectivity index (χ3n) is 3.00. The highest BCUT2D eigenvalue weighted by molar-refractivity contribution is 7.21. The van der Waals surface area contributed by atoms with Crippen LogP contribution in [0.25, 0.3) is 9.75 Å². The first-order valence-corrected chi connectivity index (χ1v) is 8.02. The first-order chi connectivity index (χ1) is 9.31. The molecule has 4 nitrogen and oxygen atoms in total. The van der Waals surface area contributed by atoms with E-state index in [2.05, 4.69) is 34.5 Å². The minimum absolute atomic E-state index is 0.801. The lowest BCUT2D eigenvalue weighted by Gasteiger charge is -2.26. The number of aryl methyl sites for hydroxylation is 1. The number of nitrogens with one attached hydrogen (secondary N) is 1. The van der Waals surface area contributed by atoms with Gasteiger partial charge < -0.3 is 4.74 Å². The smallest absolute Gasteiger partial charge is 0.108 e. The van der Waals surface area contributed by atoms with Crippen LogP contribution in [0, 0.1) is 6.92 Å². The lowest BCUT2D eigenvalue weighted by atomic mass is 10.4. The SMILES string of the molecule is Cc1ccc(-c2cnc(CNN3CCOCC3)s2)s1. The quantitative estimate of drug-likeness (QED) is 0.940. The molecule has 19 heavy (non-hydrogen) atoms. The number of ether oxygens (including phenoxy) is 1. The number of aromatic nitrogens is 1. The maximum atomic E-state index is 5.32. The zero-order valence-electron chi connectivity index (χ0n) is 10.9. The van der Waals surface area contributed by atoms with Crippen molar-refractivity contribution in [1.82, 2.24) is 15.4 Å². The molecule has 3 rings (SSSR count). The van der Waals surface area contributed by atoms with E-state index < -0.39 is 0 Å². The summed E-state index contributed by atoms with van der Waals surface area (Å²) in [5.74, 6) is 0. The minimum Gasteiger partial charge on any atom is -0.379 e. The molecule has 0 unspecified atom stereocenters. The lowest BCUT2D eigenvalue weighted by molar-refractivity contribution is 0.0105. The van der Waals surface area contributed by atoms with Crippen LogP contribution in [-0.2, 0) is 11.3 Å². The molecule has 0 saturated carbocycles. The molecule has 1 aliphatic heterocycles. The molecule has 2 aromatic rings.